The van der Waals surface area contributed by atoms with Gasteiger partial charge in [0.25, 0.3) is 0 Å². The van der Waals surface area contributed by atoms with Crippen molar-refractivity contribution in [3.05, 3.63) is 0 Å². The molecule has 13 heavy (non-hydrogen) atoms. The molecule has 0 unspecified atom stereocenters. The van der Waals surface area contributed by atoms with Crippen LogP contribution < -0.4 is 0 Å². The van der Waals surface area contributed by atoms with Gasteiger partial charge in [-0.15, -0.1) is 0 Å². The standard InChI is InChI=1S/C10H23NO2/c1-8(2)11(12)10(6,7)13-9(3,4)5/h8,12H,1-7H3. The highest BCUT2D eigenvalue weighted by atomic mass is 16.6. The van der Waals surface area contributed by atoms with Crippen molar-refractivity contribution in [2.45, 2.75) is 65.8 Å². The minimum absolute atomic E-state index is 0.0531. The molecule has 0 aromatic heterocycles. The zero-order valence-corrected chi connectivity index (χ0v) is 9.88. The van der Waals surface area contributed by atoms with Crippen LogP contribution in [0.3, 0.4) is 0 Å². The van der Waals surface area contributed by atoms with E-state index < -0.39 is 5.72 Å². The molecular formula is C10H23NO2. The maximum absolute atomic E-state index is 9.73. The first-order chi connectivity index (χ1) is 5.56. The molecule has 80 valence electrons. The lowest BCUT2D eigenvalue weighted by Crippen LogP contribution is -2.51. The van der Waals surface area contributed by atoms with E-state index in [9.17, 15) is 5.21 Å². The van der Waals surface area contributed by atoms with Gasteiger partial charge in [-0.25, -0.2) is 0 Å². The topological polar surface area (TPSA) is 32.7 Å². The summed E-state index contributed by atoms with van der Waals surface area (Å²) in [6, 6.07) is 0.0531. The van der Waals surface area contributed by atoms with Gasteiger partial charge >= 0.3 is 0 Å². The number of hydroxylamine groups is 2. The van der Waals surface area contributed by atoms with Crippen molar-refractivity contribution in [3.8, 4) is 0 Å². The first kappa shape index (κ1) is 12.9. The molecule has 0 aromatic carbocycles. The third-order valence-corrected chi connectivity index (χ3v) is 1.60. The maximum atomic E-state index is 9.73. The summed E-state index contributed by atoms with van der Waals surface area (Å²) in [5.74, 6) is 0. The molecule has 0 aromatic rings. The van der Waals surface area contributed by atoms with E-state index in [2.05, 4.69) is 0 Å². The SMILES string of the molecule is CC(C)N(O)C(C)(C)OC(C)(C)C. The average Bonchev–Trinajstić information content (AvgIpc) is 1.80. The summed E-state index contributed by atoms with van der Waals surface area (Å²) >= 11 is 0. The lowest BCUT2D eigenvalue weighted by Gasteiger charge is -2.40. The fraction of sp³-hybridized carbons (Fsp3) is 1.00. The Balaban J connectivity index is 4.39. The highest BCUT2D eigenvalue weighted by Gasteiger charge is 2.32. The van der Waals surface area contributed by atoms with Crippen LogP contribution in [0.25, 0.3) is 0 Å². The summed E-state index contributed by atoms with van der Waals surface area (Å²) in [6.07, 6.45) is 0. The van der Waals surface area contributed by atoms with Gasteiger partial charge in [0.05, 0.1) is 5.60 Å². The van der Waals surface area contributed by atoms with Gasteiger partial charge in [-0.3, -0.25) is 0 Å². The molecule has 1 N–H and O–H groups in total. The molecule has 0 bridgehead atoms. The predicted octanol–water partition coefficient (Wildman–Crippen LogP) is 2.64. The van der Waals surface area contributed by atoms with E-state index in [1.807, 2.05) is 48.5 Å². The van der Waals surface area contributed by atoms with Crippen LogP contribution in [-0.4, -0.2) is 27.6 Å². The molecule has 0 saturated carbocycles. The summed E-state index contributed by atoms with van der Waals surface area (Å²) in [6.45, 7) is 13.5. The van der Waals surface area contributed by atoms with Crippen LogP contribution in [0.2, 0.25) is 0 Å². The first-order valence-electron chi connectivity index (χ1n) is 4.74. The van der Waals surface area contributed by atoms with Gasteiger partial charge in [0.1, 0.15) is 5.72 Å². The predicted molar refractivity (Wildman–Crippen MR) is 53.7 cm³/mol. The van der Waals surface area contributed by atoms with Crippen molar-refractivity contribution < 1.29 is 9.94 Å². The molecular weight excluding hydrogens is 166 g/mol. The summed E-state index contributed by atoms with van der Waals surface area (Å²) in [7, 11) is 0. The van der Waals surface area contributed by atoms with Gasteiger partial charge in [0.15, 0.2) is 0 Å². The highest BCUT2D eigenvalue weighted by Crippen LogP contribution is 2.23. The summed E-state index contributed by atoms with van der Waals surface area (Å²) in [5.41, 5.74) is -0.897. The van der Waals surface area contributed by atoms with Gasteiger partial charge in [-0.05, 0) is 48.5 Å². The molecule has 0 heterocycles. The van der Waals surface area contributed by atoms with Gasteiger partial charge in [0.2, 0.25) is 0 Å². The molecule has 0 aliphatic rings. The summed E-state index contributed by atoms with van der Waals surface area (Å²) < 4.78 is 5.72. The number of nitrogens with zero attached hydrogens (tertiary/aromatic N) is 1. The van der Waals surface area contributed by atoms with E-state index >= 15 is 0 Å². The van der Waals surface area contributed by atoms with Crippen molar-refractivity contribution in [2.75, 3.05) is 0 Å². The van der Waals surface area contributed by atoms with E-state index in [0.29, 0.717) is 0 Å². The van der Waals surface area contributed by atoms with Crippen molar-refractivity contribution in [2.24, 2.45) is 0 Å². The minimum Gasteiger partial charge on any atom is -0.353 e. The molecule has 0 radical (unpaired) electrons. The monoisotopic (exact) mass is 189 g/mol. The van der Waals surface area contributed by atoms with Crippen LogP contribution in [0, 0.1) is 0 Å². The lowest BCUT2D eigenvalue weighted by atomic mass is 10.1. The van der Waals surface area contributed by atoms with E-state index in [1.54, 1.807) is 0 Å². The molecule has 0 fully saturated rings. The van der Waals surface area contributed by atoms with Gasteiger partial charge < -0.3 is 9.94 Å². The quantitative estimate of drug-likeness (QED) is 0.547. The van der Waals surface area contributed by atoms with Gasteiger partial charge in [-0.1, -0.05) is 0 Å². The molecule has 0 atom stereocenters. The van der Waals surface area contributed by atoms with Crippen LogP contribution in [0.5, 0.6) is 0 Å². The second-order valence-electron chi connectivity index (χ2n) is 5.10. The van der Waals surface area contributed by atoms with Crippen LogP contribution in [0.4, 0.5) is 0 Å². The number of ether oxygens (including phenoxy) is 1. The highest BCUT2D eigenvalue weighted by molar-refractivity contribution is 4.72. The molecule has 0 aliphatic carbocycles. The Morgan fingerprint density at radius 3 is 1.69 bits per heavy atom. The molecule has 0 rings (SSSR count). The van der Waals surface area contributed by atoms with Crippen LogP contribution in [0.1, 0.15) is 48.5 Å². The number of hydrogen-bond acceptors (Lipinski definition) is 3. The van der Waals surface area contributed by atoms with Gasteiger partial charge in [-0.2, -0.15) is 5.06 Å². The Morgan fingerprint density at radius 1 is 1.08 bits per heavy atom. The second kappa shape index (κ2) is 3.95. The van der Waals surface area contributed by atoms with Crippen molar-refractivity contribution in [1.29, 1.82) is 0 Å². The fourth-order valence-corrected chi connectivity index (χ4v) is 1.42. The van der Waals surface area contributed by atoms with Crippen LogP contribution >= 0.6 is 0 Å². The van der Waals surface area contributed by atoms with Crippen LogP contribution in [0.15, 0.2) is 0 Å². The Morgan fingerprint density at radius 2 is 1.46 bits per heavy atom. The summed E-state index contributed by atoms with van der Waals surface area (Å²) in [4.78, 5) is 0. The van der Waals surface area contributed by atoms with E-state index in [-0.39, 0.29) is 11.6 Å². The average molecular weight is 189 g/mol. The van der Waals surface area contributed by atoms with E-state index in [1.165, 1.54) is 5.06 Å². The van der Waals surface area contributed by atoms with Crippen molar-refractivity contribution >= 4 is 0 Å². The first-order valence-corrected chi connectivity index (χ1v) is 4.74. The number of hydrogen-bond donors (Lipinski definition) is 1. The smallest absolute Gasteiger partial charge is 0.139 e. The zero-order valence-electron chi connectivity index (χ0n) is 9.88. The molecule has 0 spiro atoms. The zero-order chi connectivity index (χ0) is 10.9. The molecule has 0 amide bonds. The largest absolute Gasteiger partial charge is 0.353 e. The number of rotatable bonds is 3. The van der Waals surface area contributed by atoms with E-state index in [0.717, 1.165) is 0 Å². The fourth-order valence-electron chi connectivity index (χ4n) is 1.42. The normalized spacial score (nSPS) is 14.3. The molecule has 3 nitrogen and oxygen atoms in total. The van der Waals surface area contributed by atoms with Crippen molar-refractivity contribution in [3.63, 3.8) is 0 Å². The van der Waals surface area contributed by atoms with Gasteiger partial charge in [0, 0.05) is 6.04 Å². The minimum atomic E-state index is -0.646. The third-order valence-electron chi connectivity index (χ3n) is 1.60. The second-order valence-corrected chi connectivity index (χ2v) is 5.10. The Labute approximate surface area is 81.6 Å². The summed E-state index contributed by atoms with van der Waals surface area (Å²) in [5, 5.41) is 11.0. The third kappa shape index (κ3) is 4.60. The molecule has 0 aliphatic heterocycles. The van der Waals surface area contributed by atoms with Crippen molar-refractivity contribution in [1.82, 2.24) is 5.06 Å². The lowest BCUT2D eigenvalue weighted by molar-refractivity contribution is -0.307. The molecule has 3 heteroatoms. The Kier molecular flexibility index (Phi) is 3.91. The Hall–Kier alpha value is -0.120. The molecule has 0 saturated heterocycles. The maximum Gasteiger partial charge on any atom is 0.139 e. The van der Waals surface area contributed by atoms with Crippen LogP contribution in [-0.2, 0) is 4.74 Å². The Bertz CT molecular complexity index is 159. The van der Waals surface area contributed by atoms with E-state index in [4.69, 9.17) is 4.74 Å².